The van der Waals surface area contributed by atoms with E-state index < -0.39 is 5.82 Å². The molecule has 0 spiro atoms. The molecule has 3 nitrogen and oxygen atoms in total. The Bertz CT molecular complexity index is 405. The van der Waals surface area contributed by atoms with Crippen LogP contribution in [-0.4, -0.2) is 12.2 Å². The molecule has 4 heteroatoms. The van der Waals surface area contributed by atoms with Crippen LogP contribution in [0.15, 0.2) is 12.1 Å². The predicted molar refractivity (Wildman–Crippen MR) is 71.5 cm³/mol. The second-order valence-electron chi connectivity index (χ2n) is 5.05. The third-order valence-corrected chi connectivity index (χ3v) is 2.68. The molecule has 1 rings (SSSR count). The molecule has 0 amide bonds. The molecule has 1 aromatic rings. The number of halogens is 1. The van der Waals surface area contributed by atoms with Crippen molar-refractivity contribution in [3.05, 3.63) is 17.9 Å². The Hall–Kier alpha value is -1.45. The minimum atomic E-state index is -0.467. The highest BCUT2D eigenvalue weighted by atomic mass is 19.1. The van der Waals surface area contributed by atoms with Gasteiger partial charge in [0, 0.05) is 12.1 Å². The first-order valence-corrected chi connectivity index (χ1v) is 6.23. The molecule has 0 saturated heterocycles. The SMILES string of the molecule is CC(C)Oc1cc(OC(C)C(C)C)c(N)cc1F. The molecule has 0 aromatic heterocycles. The Morgan fingerprint density at radius 1 is 1.00 bits per heavy atom. The van der Waals surface area contributed by atoms with E-state index in [1.54, 1.807) is 0 Å². The number of rotatable bonds is 5. The van der Waals surface area contributed by atoms with Crippen LogP contribution in [0, 0.1) is 11.7 Å². The zero-order chi connectivity index (χ0) is 13.9. The Balaban J connectivity index is 2.97. The second-order valence-corrected chi connectivity index (χ2v) is 5.05. The zero-order valence-electron chi connectivity index (χ0n) is 11.7. The fourth-order valence-corrected chi connectivity index (χ4v) is 1.33. The highest BCUT2D eigenvalue weighted by Crippen LogP contribution is 2.32. The average molecular weight is 255 g/mol. The molecule has 0 saturated carbocycles. The number of nitrogens with two attached hydrogens (primary N) is 1. The monoisotopic (exact) mass is 255 g/mol. The largest absolute Gasteiger partial charge is 0.488 e. The van der Waals surface area contributed by atoms with Crippen molar-refractivity contribution in [2.24, 2.45) is 5.92 Å². The molecule has 102 valence electrons. The number of hydrogen-bond acceptors (Lipinski definition) is 3. The van der Waals surface area contributed by atoms with Crippen molar-refractivity contribution in [1.29, 1.82) is 0 Å². The van der Waals surface area contributed by atoms with E-state index in [0.717, 1.165) is 0 Å². The van der Waals surface area contributed by atoms with E-state index in [1.807, 2.05) is 20.8 Å². The summed E-state index contributed by atoms with van der Waals surface area (Å²) < 4.78 is 24.7. The Kier molecular flexibility index (Phi) is 4.82. The molecular formula is C14H22FNO2. The van der Waals surface area contributed by atoms with E-state index in [4.69, 9.17) is 15.2 Å². The van der Waals surface area contributed by atoms with Crippen molar-refractivity contribution in [3.8, 4) is 11.5 Å². The predicted octanol–water partition coefficient (Wildman–Crippen LogP) is 3.62. The number of ether oxygens (including phenoxy) is 2. The van der Waals surface area contributed by atoms with E-state index in [9.17, 15) is 4.39 Å². The van der Waals surface area contributed by atoms with Crippen LogP contribution in [0.3, 0.4) is 0 Å². The van der Waals surface area contributed by atoms with Crippen LogP contribution in [0.4, 0.5) is 10.1 Å². The van der Waals surface area contributed by atoms with Gasteiger partial charge in [0.25, 0.3) is 0 Å². The summed E-state index contributed by atoms with van der Waals surface area (Å²) in [6.45, 7) is 9.74. The molecule has 2 N–H and O–H groups in total. The summed E-state index contributed by atoms with van der Waals surface area (Å²) in [6, 6.07) is 2.75. The number of benzene rings is 1. The summed E-state index contributed by atoms with van der Waals surface area (Å²) in [5, 5.41) is 0. The zero-order valence-corrected chi connectivity index (χ0v) is 11.7. The molecule has 18 heavy (non-hydrogen) atoms. The summed E-state index contributed by atoms with van der Waals surface area (Å²) in [5.41, 5.74) is 6.04. The van der Waals surface area contributed by atoms with Gasteiger partial charge >= 0.3 is 0 Å². The number of hydrogen-bond donors (Lipinski definition) is 1. The summed E-state index contributed by atoms with van der Waals surface area (Å²) in [5.74, 6) is 0.521. The molecule has 0 bridgehead atoms. The van der Waals surface area contributed by atoms with E-state index in [1.165, 1.54) is 12.1 Å². The first-order chi connectivity index (χ1) is 8.31. The first-order valence-electron chi connectivity index (χ1n) is 6.23. The van der Waals surface area contributed by atoms with Crippen LogP contribution >= 0.6 is 0 Å². The van der Waals surface area contributed by atoms with Gasteiger partial charge in [-0.05, 0) is 26.7 Å². The lowest BCUT2D eigenvalue weighted by atomic mass is 10.1. The van der Waals surface area contributed by atoms with E-state index in [2.05, 4.69) is 13.8 Å². The first kappa shape index (κ1) is 14.6. The summed E-state index contributed by atoms with van der Waals surface area (Å²) in [4.78, 5) is 0. The standard InChI is InChI=1S/C14H22FNO2/c1-8(2)10(5)18-14-7-13(17-9(3)4)11(15)6-12(14)16/h6-10H,16H2,1-5H3. The molecule has 1 atom stereocenters. The number of nitrogen functional groups attached to an aromatic ring is 1. The second kappa shape index (κ2) is 5.94. The molecule has 0 radical (unpaired) electrons. The van der Waals surface area contributed by atoms with Gasteiger partial charge in [0.15, 0.2) is 11.6 Å². The van der Waals surface area contributed by atoms with Crippen LogP contribution in [0.25, 0.3) is 0 Å². The lowest BCUT2D eigenvalue weighted by Gasteiger charge is -2.20. The van der Waals surface area contributed by atoms with E-state index in [0.29, 0.717) is 11.7 Å². The van der Waals surface area contributed by atoms with Gasteiger partial charge in [0.2, 0.25) is 0 Å². The normalized spacial score (nSPS) is 12.9. The Labute approximate surface area is 108 Å². The van der Waals surface area contributed by atoms with E-state index in [-0.39, 0.29) is 23.6 Å². The molecule has 0 fully saturated rings. The Morgan fingerprint density at radius 2 is 1.61 bits per heavy atom. The maximum atomic E-state index is 13.6. The van der Waals surface area contributed by atoms with Gasteiger partial charge in [-0.25, -0.2) is 4.39 Å². The molecule has 1 aromatic carbocycles. The van der Waals surface area contributed by atoms with E-state index >= 15 is 0 Å². The third kappa shape index (κ3) is 3.79. The maximum absolute atomic E-state index is 13.6. The fraction of sp³-hybridized carbons (Fsp3) is 0.571. The minimum absolute atomic E-state index is 0.00432. The fourth-order valence-electron chi connectivity index (χ4n) is 1.33. The third-order valence-electron chi connectivity index (χ3n) is 2.68. The highest BCUT2D eigenvalue weighted by Gasteiger charge is 2.15. The minimum Gasteiger partial charge on any atom is -0.488 e. The molecule has 1 unspecified atom stereocenters. The van der Waals surface area contributed by atoms with Crippen molar-refractivity contribution in [2.75, 3.05) is 5.73 Å². The van der Waals surface area contributed by atoms with Crippen LogP contribution in [-0.2, 0) is 0 Å². The van der Waals surface area contributed by atoms with Crippen LogP contribution < -0.4 is 15.2 Å². The van der Waals surface area contributed by atoms with Crippen LogP contribution in [0.2, 0.25) is 0 Å². The quantitative estimate of drug-likeness (QED) is 0.817. The van der Waals surface area contributed by atoms with Crippen molar-refractivity contribution in [2.45, 2.75) is 46.8 Å². The number of anilines is 1. The van der Waals surface area contributed by atoms with Gasteiger partial charge in [-0.3, -0.25) is 0 Å². The summed E-state index contributed by atoms with van der Waals surface area (Å²) in [6.07, 6.45) is -0.0943. The molecule has 0 aliphatic heterocycles. The van der Waals surface area contributed by atoms with Gasteiger partial charge in [-0.1, -0.05) is 13.8 Å². The maximum Gasteiger partial charge on any atom is 0.167 e. The summed E-state index contributed by atoms with van der Waals surface area (Å²) in [7, 11) is 0. The molecule has 0 heterocycles. The van der Waals surface area contributed by atoms with Crippen LogP contribution in [0.5, 0.6) is 11.5 Å². The van der Waals surface area contributed by atoms with Crippen molar-refractivity contribution in [1.82, 2.24) is 0 Å². The highest BCUT2D eigenvalue weighted by molar-refractivity contribution is 5.56. The lowest BCUT2D eigenvalue weighted by molar-refractivity contribution is 0.169. The average Bonchev–Trinajstić information content (AvgIpc) is 2.24. The van der Waals surface area contributed by atoms with Gasteiger partial charge in [-0.2, -0.15) is 0 Å². The van der Waals surface area contributed by atoms with Crippen LogP contribution in [0.1, 0.15) is 34.6 Å². The topological polar surface area (TPSA) is 44.5 Å². The van der Waals surface area contributed by atoms with Crippen molar-refractivity contribution >= 4 is 5.69 Å². The van der Waals surface area contributed by atoms with Gasteiger partial charge < -0.3 is 15.2 Å². The van der Waals surface area contributed by atoms with Crippen molar-refractivity contribution in [3.63, 3.8) is 0 Å². The van der Waals surface area contributed by atoms with Crippen molar-refractivity contribution < 1.29 is 13.9 Å². The molecule has 0 aliphatic rings. The Morgan fingerprint density at radius 3 is 2.11 bits per heavy atom. The van der Waals surface area contributed by atoms with Gasteiger partial charge in [-0.15, -0.1) is 0 Å². The van der Waals surface area contributed by atoms with Gasteiger partial charge in [0.1, 0.15) is 5.75 Å². The molecular weight excluding hydrogens is 233 g/mol. The smallest absolute Gasteiger partial charge is 0.167 e. The molecule has 0 aliphatic carbocycles. The lowest BCUT2D eigenvalue weighted by Crippen LogP contribution is -2.19. The summed E-state index contributed by atoms with van der Waals surface area (Å²) >= 11 is 0. The van der Waals surface area contributed by atoms with Gasteiger partial charge in [0.05, 0.1) is 17.9 Å².